The number of nitrogens with zero attached hydrogens (tertiary/aromatic N) is 2. The van der Waals surface area contributed by atoms with E-state index in [4.69, 9.17) is 1.37 Å². The summed E-state index contributed by atoms with van der Waals surface area (Å²) >= 11 is 1.84. The molecule has 0 unspecified atom stereocenters. The Kier molecular flexibility index (Phi) is 23.2. The first-order valence-corrected chi connectivity index (χ1v) is 10.6. The van der Waals surface area contributed by atoms with Crippen LogP contribution in [0.25, 0.3) is 0 Å². The normalized spacial score (nSPS) is 11.3. The maximum atomic E-state index is 5.75. The molecule has 0 amide bonds. The lowest BCUT2D eigenvalue weighted by Crippen LogP contribution is -1.86. The van der Waals surface area contributed by atoms with Crippen LogP contribution in [-0.4, -0.2) is 25.1 Å². The molecule has 0 saturated heterocycles. The third-order valence-electron chi connectivity index (χ3n) is 3.86. The molecule has 0 radical (unpaired) electrons. The van der Waals surface area contributed by atoms with Crippen molar-refractivity contribution in [2.24, 2.45) is 10.2 Å². The van der Waals surface area contributed by atoms with Gasteiger partial charge in [0.05, 0.1) is 13.1 Å². The van der Waals surface area contributed by atoms with Crippen LogP contribution < -0.4 is 0 Å². The first kappa shape index (κ1) is 21.9. The average Bonchev–Trinajstić information content (AvgIpc) is 2.59. The molecule has 0 spiro atoms. The summed E-state index contributed by atoms with van der Waals surface area (Å²) in [5.41, 5.74) is 0. The first-order chi connectivity index (χ1) is 11.4. The minimum Gasteiger partial charge on any atom is -0.194 e. The molecule has 3 heteroatoms. The average molecular weight is 332 g/mol. The quantitative estimate of drug-likeness (QED) is 0.200. The van der Waals surface area contributed by atoms with Crippen LogP contribution in [0.3, 0.4) is 0 Å². The summed E-state index contributed by atoms with van der Waals surface area (Å²) in [6, 6.07) is 0. The third-order valence-corrected chi connectivity index (χ3v) is 4.45. The largest absolute Gasteiger partial charge is 0.194 e. The van der Waals surface area contributed by atoms with E-state index in [-0.39, 0.29) is 0 Å². The first-order valence-electron chi connectivity index (χ1n) is 10.2. The van der Waals surface area contributed by atoms with Gasteiger partial charge in [-0.15, -0.1) is 0 Å². The summed E-state index contributed by atoms with van der Waals surface area (Å²) in [6.45, 7) is 4.11. The molecule has 0 N–H and O–H groups in total. The highest BCUT2D eigenvalue weighted by Crippen LogP contribution is 2.12. The number of hydrogen-bond donors (Lipinski definition) is 0. The van der Waals surface area contributed by atoms with Gasteiger partial charge in [-0.05, 0) is 12.7 Å². The summed E-state index contributed by atoms with van der Waals surface area (Å²) in [6.07, 6.45) is 20.4. The Bertz CT molecular complexity index is 214. The standard InChI is InChI=1S/C18H38N2S.CH4/c1-3-4-5-6-7-8-9-10-11-12-13-14-15-16-19-20-17-18-21-2;/h3-18H2,1-2H3;1H4/i;1D. The molecule has 0 aromatic rings. The monoisotopic (exact) mass is 331 g/mol. The summed E-state index contributed by atoms with van der Waals surface area (Å²) < 4.78 is 5.75. The van der Waals surface area contributed by atoms with Crippen molar-refractivity contribution in [2.45, 2.75) is 97.8 Å². The predicted octanol–water partition coefficient (Wildman–Crippen LogP) is 7.53. The molecule has 0 bridgehead atoms. The maximum Gasteiger partial charge on any atom is 0.0689 e. The van der Waals surface area contributed by atoms with E-state index in [2.05, 4.69) is 23.4 Å². The van der Waals surface area contributed by atoms with Crippen LogP contribution in [0.5, 0.6) is 0 Å². The van der Waals surface area contributed by atoms with Crippen LogP contribution >= 0.6 is 11.8 Å². The van der Waals surface area contributed by atoms with Crippen molar-refractivity contribution in [1.29, 1.82) is 0 Å². The third kappa shape index (κ3) is 22.2. The number of hydrogen-bond acceptors (Lipinski definition) is 3. The number of thioether (sulfide) groups is 1. The van der Waals surface area contributed by atoms with Gasteiger partial charge >= 0.3 is 0 Å². The van der Waals surface area contributed by atoms with Gasteiger partial charge in [0.15, 0.2) is 0 Å². The fraction of sp³-hybridized carbons (Fsp3) is 1.00. The van der Waals surface area contributed by atoms with Crippen LogP contribution in [0.2, 0.25) is 0 Å². The van der Waals surface area contributed by atoms with Crippen LogP contribution in [0.4, 0.5) is 0 Å². The van der Waals surface area contributed by atoms with Gasteiger partial charge in [-0.1, -0.05) is 91.4 Å². The second-order valence-corrected chi connectivity index (χ2v) is 6.95. The minimum absolute atomic E-state index is 0.889. The van der Waals surface area contributed by atoms with E-state index in [1.54, 1.807) is 0 Å². The number of unbranched alkanes of at least 4 members (excludes halogenated alkanes) is 12. The van der Waals surface area contributed by atoms with Gasteiger partial charge < -0.3 is 0 Å². The lowest BCUT2D eigenvalue weighted by Gasteiger charge is -2.02. The molecule has 0 aliphatic carbocycles. The van der Waals surface area contributed by atoms with Crippen molar-refractivity contribution < 1.29 is 1.37 Å². The summed E-state index contributed by atoms with van der Waals surface area (Å²) in [5.74, 6) is 1.10. The zero-order chi connectivity index (χ0) is 17.4. The van der Waals surface area contributed by atoms with Crippen LogP contribution in [0.1, 0.15) is 99.2 Å². The highest BCUT2D eigenvalue weighted by atomic mass is 32.2. The van der Waals surface area contributed by atoms with Gasteiger partial charge in [0.2, 0.25) is 0 Å². The Morgan fingerprint density at radius 1 is 0.682 bits per heavy atom. The van der Waals surface area contributed by atoms with E-state index < -0.39 is 0 Å². The summed E-state index contributed by atoms with van der Waals surface area (Å²) in [5, 5.41) is 8.37. The van der Waals surface area contributed by atoms with Crippen molar-refractivity contribution in [2.75, 3.05) is 25.1 Å². The zero-order valence-corrected chi connectivity index (χ0v) is 16.4. The SMILES string of the molecule is CCCCCCCCCCCCCCCN=NCCSC.[2H]C. The van der Waals surface area contributed by atoms with Gasteiger partial charge in [0.25, 0.3) is 0 Å². The highest BCUT2D eigenvalue weighted by molar-refractivity contribution is 7.98. The maximum absolute atomic E-state index is 5.75. The van der Waals surface area contributed by atoms with E-state index in [1.165, 1.54) is 90.9 Å². The Morgan fingerprint density at radius 3 is 1.55 bits per heavy atom. The van der Waals surface area contributed by atoms with E-state index in [0.717, 1.165) is 18.8 Å². The van der Waals surface area contributed by atoms with Gasteiger partial charge in [-0.2, -0.15) is 22.0 Å². The topological polar surface area (TPSA) is 24.7 Å². The molecule has 2 nitrogen and oxygen atoms in total. The lowest BCUT2D eigenvalue weighted by molar-refractivity contribution is 0.539. The summed E-state index contributed by atoms with van der Waals surface area (Å²) in [7, 11) is 1.25. The molecule has 0 aromatic heterocycles. The minimum atomic E-state index is 0.889. The Balaban J connectivity index is 0. The second-order valence-electron chi connectivity index (χ2n) is 5.97. The molecule has 22 heavy (non-hydrogen) atoms. The van der Waals surface area contributed by atoms with Crippen molar-refractivity contribution in [3.63, 3.8) is 0 Å². The molecule has 0 heterocycles. The molecule has 0 fully saturated rings. The summed E-state index contributed by atoms with van der Waals surface area (Å²) in [4.78, 5) is 0. The predicted molar refractivity (Wildman–Crippen MR) is 105 cm³/mol. The molecule has 0 rings (SSSR count). The number of azo groups is 1. The smallest absolute Gasteiger partial charge is 0.0689 e. The second kappa shape index (κ2) is 23.2. The van der Waals surface area contributed by atoms with E-state index in [1.807, 2.05) is 11.8 Å². The Labute approximate surface area is 146 Å². The van der Waals surface area contributed by atoms with Gasteiger partial charge in [-0.25, -0.2) is 0 Å². The molecule has 0 atom stereocenters. The molecule has 0 saturated carbocycles. The van der Waals surface area contributed by atoms with Crippen LogP contribution in [-0.2, 0) is 0 Å². The number of rotatable bonds is 17. The van der Waals surface area contributed by atoms with Crippen molar-refractivity contribution in [3.8, 4) is 0 Å². The van der Waals surface area contributed by atoms with E-state index in [0.29, 0.717) is 0 Å². The Morgan fingerprint density at radius 2 is 1.09 bits per heavy atom. The van der Waals surface area contributed by atoms with Crippen molar-refractivity contribution >= 4 is 11.8 Å². The highest BCUT2D eigenvalue weighted by Gasteiger charge is 1.93. The fourth-order valence-electron chi connectivity index (χ4n) is 2.47. The van der Waals surface area contributed by atoms with Crippen LogP contribution in [0.15, 0.2) is 10.2 Å². The zero-order valence-electron chi connectivity index (χ0n) is 16.6. The van der Waals surface area contributed by atoms with E-state index in [9.17, 15) is 0 Å². The molecule has 134 valence electrons. The molecular formula is C19H42N2S. The molecule has 0 aliphatic heterocycles. The van der Waals surface area contributed by atoms with Gasteiger partial charge in [0.1, 0.15) is 0 Å². The van der Waals surface area contributed by atoms with Crippen molar-refractivity contribution in [3.05, 3.63) is 0 Å². The van der Waals surface area contributed by atoms with Crippen molar-refractivity contribution in [1.82, 2.24) is 0 Å². The fourth-order valence-corrected chi connectivity index (χ4v) is 2.74. The molecular weight excluding hydrogens is 288 g/mol. The van der Waals surface area contributed by atoms with Gasteiger partial charge in [0, 0.05) is 7.12 Å². The lowest BCUT2D eigenvalue weighted by atomic mass is 10.0. The van der Waals surface area contributed by atoms with E-state index >= 15 is 0 Å². The molecule has 0 aromatic carbocycles. The Hall–Kier alpha value is -0.0500. The molecule has 0 aliphatic rings. The van der Waals surface area contributed by atoms with Gasteiger partial charge in [-0.3, -0.25) is 0 Å². The van der Waals surface area contributed by atoms with Crippen LogP contribution in [0, 0.1) is 0 Å².